The van der Waals surface area contributed by atoms with Crippen LogP contribution in [0.2, 0.25) is 15.1 Å². The molecule has 3 aromatic carbocycles. The Labute approximate surface area is 291 Å². The number of hydrogen-bond acceptors (Lipinski definition) is 6. The average molecular weight is 700 g/mol. The summed E-state index contributed by atoms with van der Waals surface area (Å²) >= 11 is 18.4. The van der Waals surface area contributed by atoms with Gasteiger partial charge in [0.1, 0.15) is 17.5 Å². The number of Topliss-reactive ketones (excluding diaryl/α,β-unsaturated/α-hetero) is 1. The van der Waals surface area contributed by atoms with Crippen LogP contribution in [0.5, 0.6) is 5.75 Å². The van der Waals surface area contributed by atoms with Crippen LogP contribution >= 0.6 is 34.8 Å². The fourth-order valence-electron chi connectivity index (χ4n) is 5.17. The molecule has 1 atom stereocenters. The first-order chi connectivity index (χ1) is 21.9. The van der Waals surface area contributed by atoms with E-state index in [4.69, 9.17) is 39.5 Å². The number of ether oxygens (including phenoxy) is 1. The molecule has 1 unspecified atom stereocenters. The SMILES string of the molecule is CCC(CNc1cccc(C(=O)NC2=NN(c3c(Cl)cc(Cl)cc3Cl)C(=O)C2=O)c1)Oc1ccc(CC(C)(C)C)cc1CC(C)(C)C. The Balaban J connectivity index is 1.45. The van der Waals surface area contributed by atoms with Crippen molar-refractivity contribution in [2.45, 2.75) is 73.8 Å². The summed E-state index contributed by atoms with van der Waals surface area (Å²) < 4.78 is 6.55. The number of carbonyl (C=O) groups excluding carboxylic acids is 3. The van der Waals surface area contributed by atoms with Gasteiger partial charge >= 0.3 is 5.91 Å². The first-order valence-electron chi connectivity index (χ1n) is 15.5. The van der Waals surface area contributed by atoms with Gasteiger partial charge in [0.25, 0.3) is 11.7 Å². The van der Waals surface area contributed by atoms with Crippen LogP contribution in [0.3, 0.4) is 0 Å². The number of anilines is 2. The lowest BCUT2D eigenvalue weighted by molar-refractivity contribution is -0.131. The molecule has 0 bridgehead atoms. The predicted octanol–water partition coefficient (Wildman–Crippen LogP) is 8.75. The largest absolute Gasteiger partial charge is 0.488 e. The van der Waals surface area contributed by atoms with E-state index in [0.29, 0.717) is 12.2 Å². The molecule has 250 valence electrons. The van der Waals surface area contributed by atoms with Crippen molar-refractivity contribution >= 4 is 69.6 Å². The fourth-order valence-corrected chi connectivity index (χ4v) is 6.15. The summed E-state index contributed by atoms with van der Waals surface area (Å²) in [6.45, 7) is 16.0. The Bertz CT molecular complexity index is 1690. The number of rotatable bonds is 10. The number of nitrogens with one attached hydrogen (secondary N) is 2. The number of halogens is 3. The van der Waals surface area contributed by atoms with E-state index in [1.165, 1.54) is 23.3 Å². The number of nitrogens with zero attached hydrogens (tertiary/aromatic N) is 2. The van der Waals surface area contributed by atoms with Gasteiger partial charge < -0.3 is 15.4 Å². The minimum atomic E-state index is -1.01. The maximum Gasteiger partial charge on any atom is 0.323 e. The van der Waals surface area contributed by atoms with E-state index in [9.17, 15) is 14.4 Å². The lowest BCUT2D eigenvalue weighted by Gasteiger charge is -2.26. The molecule has 0 fully saturated rings. The number of carbonyl (C=O) groups is 3. The molecule has 0 saturated carbocycles. The molecule has 1 aliphatic rings. The molecule has 2 amide bonds. The highest BCUT2D eigenvalue weighted by atomic mass is 35.5. The first kappa shape index (κ1) is 36.2. The molecule has 0 radical (unpaired) electrons. The van der Waals surface area contributed by atoms with Crippen molar-refractivity contribution in [3.8, 4) is 5.75 Å². The molecule has 0 aliphatic carbocycles. The maximum absolute atomic E-state index is 13.1. The minimum Gasteiger partial charge on any atom is -0.488 e. The number of hydrogen-bond donors (Lipinski definition) is 2. The van der Waals surface area contributed by atoms with Crippen LogP contribution in [0.15, 0.2) is 59.7 Å². The molecule has 1 aliphatic heterocycles. The van der Waals surface area contributed by atoms with Crippen molar-refractivity contribution in [3.05, 3.63) is 86.4 Å². The summed E-state index contributed by atoms with van der Waals surface area (Å²) in [4.78, 5) is 38.5. The van der Waals surface area contributed by atoms with Crippen LogP contribution in [0.25, 0.3) is 0 Å². The summed E-state index contributed by atoms with van der Waals surface area (Å²) in [7, 11) is 0. The molecule has 0 saturated heterocycles. The summed E-state index contributed by atoms with van der Waals surface area (Å²) in [6.07, 6.45) is 2.50. The highest BCUT2D eigenvalue weighted by molar-refractivity contribution is 6.70. The van der Waals surface area contributed by atoms with E-state index < -0.39 is 23.4 Å². The summed E-state index contributed by atoms with van der Waals surface area (Å²) in [5, 5.41) is 10.9. The van der Waals surface area contributed by atoms with Crippen LogP contribution < -0.4 is 20.4 Å². The zero-order chi connectivity index (χ0) is 34.7. The van der Waals surface area contributed by atoms with Gasteiger partial charge in [-0.1, -0.05) is 101 Å². The fraction of sp³-hybridized carbons (Fsp3) is 0.389. The maximum atomic E-state index is 13.1. The Morgan fingerprint density at radius 1 is 0.915 bits per heavy atom. The Kier molecular flexibility index (Phi) is 11.3. The third-order valence-corrected chi connectivity index (χ3v) is 8.01. The monoisotopic (exact) mass is 698 g/mol. The van der Waals surface area contributed by atoms with Gasteiger partial charge in [0.2, 0.25) is 5.84 Å². The highest BCUT2D eigenvalue weighted by Crippen LogP contribution is 2.38. The molecule has 11 heteroatoms. The minimum absolute atomic E-state index is 0.00870. The average Bonchev–Trinajstić information content (AvgIpc) is 3.22. The normalized spacial score (nSPS) is 14.3. The van der Waals surface area contributed by atoms with Crippen molar-refractivity contribution < 1.29 is 19.1 Å². The topological polar surface area (TPSA) is 100 Å². The summed E-state index contributed by atoms with van der Waals surface area (Å²) in [5.74, 6) is -2.20. The molecule has 47 heavy (non-hydrogen) atoms. The van der Waals surface area contributed by atoms with Gasteiger partial charge in [0, 0.05) is 16.3 Å². The zero-order valence-corrected chi connectivity index (χ0v) is 30.0. The van der Waals surface area contributed by atoms with E-state index in [-0.39, 0.29) is 43.3 Å². The van der Waals surface area contributed by atoms with E-state index in [1.807, 2.05) is 6.07 Å². The second-order valence-corrected chi connectivity index (χ2v) is 15.3. The lowest BCUT2D eigenvalue weighted by Crippen LogP contribution is -2.37. The second kappa shape index (κ2) is 14.7. The molecule has 0 spiro atoms. The van der Waals surface area contributed by atoms with Crippen LogP contribution in [0, 0.1) is 10.8 Å². The molecule has 1 heterocycles. The van der Waals surface area contributed by atoms with Gasteiger partial charge in [-0.15, -0.1) is 5.10 Å². The molecule has 2 N–H and O–H groups in total. The summed E-state index contributed by atoms with van der Waals surface area (Å²) in [5.41, 5.74) is 3.70. The summed E-state index contributed by atoms with van der Waals surface area (Å²) in [6, 6.07) is 16.1. The first-order valence-corrected chi connectivity index (χ1v) is 16.6. The number of amides is 2. The van der Waals surface area contributed by atoms with Gasteiger partial charge in [-0.2, -0.15) is 5.01 Å². The number of benzene rings is 3. The van der Waals surface area contributed by atoms with Crippen molar-refractivity contribution in [1.82, 2.24) is 5.32 Å². The highest BCUT2D eigenvalue weighted by Gasteiger charge is 2.38. The number of amidine groups is 1. The van der Waals surface area contributed by atoms with E-state index in [2.05, 4.69) is 82.4 Å². The smallest absolute Gasteiger partial charge is 0.323 e. The van der Waals surface area contributed by atoms with Crippen molar-refractivity contribution in [2.24, 2.45) is 15.9 Å². The molecule has 8 nitrogen and oxygen atoms in total. The molecular weight excluding hydrogens is 659 g/mol. The van der Waals surface area contributed by atoms with Gasteiger partial charge in [-0.25, -0.2) is 0 Å². The van der Waals surface area contributed by atoms with Crippen molar-refractivity contribution in [2.75, 3.05) is 16.9 Å². The quantitative estimate of drug-likeness (QED) is 0.206. The van der Waals surface area contributed by atoms with Gasteiger partial charge in [-0.3, -0.25) is 14.4 Å². The molecular formula is C36H41Cl3N4O4. The standard InChI is InChI=1S/C36H41Cl3N4O4/c1-8-26(47-29-13-12-21(18-35(2,3)4)14-23(29)19-36(5,6)7)20-40-25-11-9-10-22(15-25)33(45)41-32-31(44)34(46)43(42-32)30-27(38)16-24(37)17-28(30)39/h9-17,26,40H,8,18-20H2,1-7H3,(H,41,42,45). The van der Waals surface area contributed by atoms with E-state index >= 15 is 0 Å². The van der Waals surface area contributed by atoms with Gasteiger partial charge in [-0.05, 0) is 77.6 Å². The Morgan fingerprint density at radius 3 is 2.19 bits per heavy atom. The predicted molar refractivity (Wildman–Crippen MR) is 191 cm³/mol. The van der Waals surface area contributed by atoms with Gasteiger partial charge in [0.05, 0.1) is 16.6 Å². The Morgan fingerprint density at radius 2 is 1.57 bits per heavy atom. The third-order valence-electron chi connectivity index (χ3n) is 7.21. The lowest BCUT2D eigenvalue weighted by atomic mass is 9.84. The molecule has 3 aromatic rings. The zero-order valence-electron chi connectivity index (χ0n) is 27.8. The Hall–Kier alpha value is -3.59. The third kappa shape index (κ3) is 9.72. The molecule has 4 rings (SSSR count). The number of ketones is 1. The van der Waals surface area contributed by atoms with Gasteiger partial charge in [0.15, 0.2) is 0 Å². The van der Waals surface area contributed by atoms with Crippen LogP contribution in [-0.4, -0.2) is 36.1 Å². The molecule has 0 aromatic heterocycles. The van der Waals surface area contributed by atoms with Crippen molar-refractivity contribution in [1.29, 1.82) is 0 Å². The van der Waals surface area contributed by atoms with E-state index in [1.54, 1.807) is 18.2 Å². The van der Waals surface area contributed by atoms with Crippen molar-refractivity contribution in [3.63, 3.8) is 0 Å². The second-order valence-electron chi connectivity index (χ2n) is 14.1. The number of hydrazone groups is 1. The van der Waals surface area contributed by atoms with Crippen LogP contribution in [0.4, 0.5) is 11.4 Å². The van der Waals surface area contributed by atoms with E-state index in [0.717, 1.165) is 30.0 Å². The van der Waals surface area contributed by atoms with Crippen LogP contribution in [0.1, 0.15) is 76.4 Å². The van der Waals surface area contributed by atoms with Crippen LogP contribution in [-0.2, 0) is 22.4 Å².